The van der Waals surface area contributed by atoms with Crippen LogP contribution in [0.2, 0.25) is 0 Å². The second-order valence-corrected chi connectivity index (χ2v) is 6.25. The average molecular weight is 345 g/mol. The zero-order chi connectivity index (χ0) is 17.8. The first kappa shape index (κ1) is 14.6. The quantitative estimate of drug-likeness (QED) is 0.422. The summed E-state index contributed by atoms with van der Waals surface area (Å²) in [7, 11) is 0. The van der Waals surface area contributed by atoms with Gasteiger partial charge in [0.05, 0.1) is 11.6 Å². The number of aromatic nitrogens is 3. The summed E-state index contributed by atoms with van der Waals surface area (Å²) < 4.78 is 1.71. The van der Waals surface area contributed by atoms with Crippen LogP contribution in [-0.4, -0.2) is 24.8 Å². The molecule has 26 heavy (non-hydrogen) atoms. The van der Waals surface area contributed by atoms with E-state index in [1.54, 1.807) is 16.6 Å². The maximum Gasteiger partial charge on any atom is 0.238 e. The van der Waals surface area contributed by atoms with Crippen molar-refractivity contribution in [3.05, 3.63) is 65.9 Å². The van der Waals surface area contributed by atoms with E-state index in [9.17, 15) is 10.2 Å². The van der Waals surface area contributed by atoms with Gasteiger partial charge in [0.25, 0.3) is 0 Å². The molecule has 128 valence electrons. The average Bonchev–Trinajstić information content (AvgIpc) is 2.97. The fraction of sp³-hybridized carbons (Fsp3) is 0.0526. The minimum atomic E-state index is -0.338. The van der Waals surface area contributed by atoms with Crippen molar-refractivity contribution in [3.8, 4) is 22.8 Å². The predicted octanol–water partition coefficient (Wildman–Crippen LogP) is 2.90. The molecule has 5 N–H and O–H groups in total. The number of phenols is 2. The van der Waals surface area contributed by atoms with Crippen molar-refractivity contribution in [2.24, 2.45) is 0 Å². The molecule has 0 amide bonds. The van der Waals surface area contributed by atoms with E-state index in [1.165, 1.54) is 6.07 Å². The third-order valence-corrected chi connectivity index (χ3v) is 4.68. The molecule has 1 aliphatic heterocycles. The molecule has 2 aromatic carbocycles. The Morgan fingerprint density at radius 1 is 1.04 bits per heavy atom. The van der Waals surface area contributed by atoms with Gasteiger partial charge >= 0.3 is 0 Å². The molecule has 0 radical (unpaired) electrons. The molecule has 0 fully saturated rings. The first-order chi connectivity index (χ1) is 12.6. The number of aromatic hydroxyl groups is 2. The number of nitrogens with two attached hydrogens (primary N) is 1. The van der Waals surface area contributed by atoms with Crippen molar-refractivity contribution in [2.45, 2.75) is 6.04 Å². The van der Waals surface area contributed by atoms with Gasteiger partial charge in [-0.15, -0.1) is 5.10 Å². The molecule has 1 unspecified atom stereocenters. The molecule has 7 heteroatoms. The van der Waals surface area contributed by atoms with Gasteiger partial charge in [-0.2, -0.15) is 0 Å². The highest BCUT2D eigenvalue weighted by molar-refractivity contribution is 5.90. The molecule has 2 aromatic heterocycles. The number of nitrogens with one attached hydrogen (secondary N) is 1. The Morgan fingerprint density at radius 2 is 1.88 bits per heavy atom. The van der Waals surface area contributed by atoms with Crippen LogP contribution in [-0.2, 0) is 0 Å². The van der Waals surface area contributed by atoms with Crippen LogP contribution in [0.15, 0.2) is 54.7 Å². The normalized spacial score (nSPS) is 15.3. The smallest absolute Gasteiger partial charge is 0.238 e. The number of anilines is 2. The molecule has 4 aromatic rings. The van der Waals surface area contributed by atoms with Gasteiger partial charge in [-0.25, -0.2) is 9.50 Å². The number of para-hydroxylation sites is 1. The minimum Gasteiger partial charge on any atom is -0.508 e. The van der Waals surface area contributed by atoms with Gasteiger partial charge in [0.1, 0.15) is 17.2 Å². The molecule has 0 saturated carbocycles. The van der Waals surface area contributed by atoms with Crippen LogP contribution in [0.4, 0.5) is 11.6 Å². The molecule has 0 spiro atoms. The van der Waals surface area contributed by atoms with Crippen molar-refractivity contribution in [1.82, 2.24) is 14.6 Å². The number of nitrogen functional groups attached to an aromatic ring is 1. The van der Waals surface area contributed by atoms with Gasteiger partial charge in [0.15, 0.2) is 0 Å². The summed E-state index contributed by atoms with van der Waals surface area (Å²) in [6.45, 7) is 0. The van der Waals surface area contributed by atoms with Gasteiger partial charge < -0.3 is 21.3 Å². The largest absolute Gasteiger partial charge is 0.508 e. The lowest BCUT2D eigenvalue weighted by molar-refractivity contribution is 0.445. The first-order valence-corrected chi connectivity index (χ1v) is 8.14. The number of hydrogen-bond donors (Lipinski definition) is 4. The molecule has 7 nitrogen and oxygen atoms in total. The highest BCUT2D eigenvalue weighted by atomic mass is 16.3. The number of rotatable bonds is 1. The maximum absolute atomic E-state index is 10.4. The lowest BCUT2D eigenvalue weighted by atomic mass is 9.98. The van der Waals surface area contributed by atoms with E-state index in [1.807, 2.05) is 36.5 Å². The van der Waals surface area contributed by atoms with E-state index in [4.69, 9.17) is 5.73 Å². The van der Waals surface area contributed by atoms with Crippen LogP contribution < -0.4 is 11.1 Å². The van der Waals surface area contributed by atoms with Crippen LogP contribution >= 0.6 is 0 Å². The summed E-state index contributed by atoms with van der Waals surface area (Å²) in [5, 5.41) is 27.8. The number of nitrogens with zero attached hydrogens (tertiary/aromatic N) is 3. The fourth-order valence-electron chi connectivity index (χ4n) is 3.56. The van der Waals surface area contributed by atoms with E-state index in [0.717, 1.165) is 28.0 Å². The first-order valence-electron chi connectivity index (χ1n) is 8.14. The van der Waals surface area contributed by atoms with E-state index in [0.29, 0.717) is 5.56 Å². The van der Waals surface area contributed by atoms with Crippen molar-refractivity contribution in [1.29, 1.82) is 0 Å². The zero-order valence-corrected chi connectivity index (χ0v) is 13.6. The van der Waals surface area contributed by atoms with E-state index in [-0.39, 0.29) is 23.5 Å². The molecule has 0 saturated heterocycles. The predicted molar refractivity (Wildman–Crippen MR) is 98.1 cm³/mol. The highest BCUT2D eigenvalue weighted by Crippen LogP contribution is 2.43. The van der Waals surface area contributed by atoms with Gasteiger partial charge in [0.2, 0.25) is 5.95 Å². The van der Waals surface area contributed by atoms with Crippen LogP contribution in [0, 0.1) is 0 Å². The van der Waals surface area contributed by atoms with Gasteiger partial charge in [-0.05, 0) is 24.3 Å². The van der Waals surface area contributed by atoms with Crippen LogP contribution in [0.1, 0.15) is 17.2 Å². The molecule has 0 bridgehead atoms. The summed E-state index contributed by atoms with van der Waals surface area (Å²) in [4.78, 5) is 4.47. The minimum absolute atomic E-state index is 0.0128. The third kappa shape index (κ3) is 2.00. The number of phenolic OH excluding ortho intramolecular Hbond substituents is 2. The summed E-state index contributed by atoms with van der Waals surface area (Å²) in [5.74, 6) is 0.216. The number of benzene rings is 2. The van der Waals surface area contributed by atoms with Gasteiger partial charge in [-0.1, -0.05) is 18.2 Å². The summed E-state index contributed by atoms with van der Waals surface area (Å²) in [6, 6.07) is 14.0. The van der Waals surface area contributed by atoms with Crippen molar-refractivity contribution in [3.63, 3.8) is 0 Å². The van der Waals surface area contributed by atoms with Gasteiger partial charge in [-0.3, -0.25) is 0 Å². The molecule has 5 rings (SSSR count). The summed E-state index contributed by atoms with van der Waals surface area (Å²) in [5.41, 5.74) is 10.8. The second kappa shape index (κ2) is 5.13. The van der Waals surface area contributed by atoms with Crippen molar-refractivity contribution >= 4 is 17.2 Å². The molecule has 0 aliphatic carbocycles. The van der Waals surface area contributed by atoms with Gasteiger partial charge in [0, 0.05) is 34.6 Å². The van der Waals surface area contributed by atoms with Crippen LogP contribution in [0.5, 0.6) is 11.5 Å². The monoisotopic (exact) mass is 345 g/mol. The summed E-state index contributed by atoms with van der Waals surface area (Å²) >= 11 is 0. The molecule has 3 heterocycles. The van der Waals surface area contributed by atoms with E-state index < -0.39 is 0 Å². The van der Waals surface area contributed by atoms with Crippen molar-refractivity contribution < 1.29 is 10.2 Å². The van der Waals surface area contributed by atoms with Crippen molar-refractivity contribution in [2.75, 3.05) is 11.1 Å². The maximum atomic E-state index is 10.4. The SMILES string of the molecule is Nc1nc2c3c(ccn3n1)C(c1ccc(O)cc1O)Nc1ccccc1-2. The Kier molecular flexibility index (Phi) is 2.88. The lowest BCUT2D eigenvalue weighted by Gasteiger charge is -2.20. The Hall–Kier alpha value is -3.74. The molecular weight excluding hydrogens is 330 g/mol. The fourth-order valence-corrected chi connectivity index (χ4v) is 3.56. The van der Waals surface area contributed by atoms with Crippen LogP contribution in [0.3, 0.4) is 0 Å². The molecule has 1 atom stereocenters. The number of fused-ring (bicyclic) bond motifs is 2. The standard InChI is InChI=1S/C19H15N5O2/c20-19-22-17-11-3-1-2-4-14(11)21-16(12-6-5-10(25)9-15(12)26)13-7-8-24(23-19)18(13)17/h1-9,16,21,25-26H,(H2,20,23). The summed E-state index contributed by atoms with van der Waals surface area (Å²) in [6.07, 6.45) is 1.83. The topological polar surface area (TPSA) is 109 Å². The Morgan fingerprint density at radius 3 is 2.73 bits per heavy atom. The van der Waals surface area contributed by atoms with Crippen LogP contribution in [0.25, 0.3) is 16.8 Å². The third-order valence-electron chi connectivity index (χ3n) is 4.68. The van der Waals surface area contributed by atoms with E-state index >= 15 is 0 Å². The van der Waals surface area contributed by atoms with E-state index in [2.05, 4.69) is 15.4 Å². The lowest BCUT2D eigenvalue weighted by Crippen LogP contribution is -2.11. The Bertz CT molecular complexity index is 1170. The highest BCUT2D eigenvalue weighted by Gasteiger charge is 2.28. The zero-order valence-electron chi connectivity index (χ0n) is 13.6. The Balaban J connectivity index is 1.86. The molecule has 1 aliphatic rings. The Labute approximate surface area is 148 Å². The molecular formula is C19H15N5O2. The number of hydrogen-bond acceptors (Lipinski definition) is 6. The second-order valence-electron chi connectivity index (χ2n) is 6.25.